The second-order valence-electron chi connectivity index (χ2n) is 5.55. The molecule has 3 rings (SSSR count). The van der Waals surface area contributed by atoms with Crippen LogP contribution >= 0.6 is 15.9 Å². The topological polar surface area (TPSA) is 20.3 Å². The molecule has 0 bridgehead atoms. The molecule has 1 atom stereocenters. The van der Waals surface area contributed by atoms with Crippen molar-refractivity contribution in [2.45, 2.75) is 18.5 Å². The standard InChI is InChI=1S/C17H13BrF3NO/c1-22-15-7-6-12(18)9-13(15)14(16(22)23)8-10-2-4-11(5-3-10)17(19,20)21/h2-7,9,14H,8H2,1H3/t14-/m1/s1. The summed E-state index contributed by atoms with van der Waals surface area (Å²) in [6, 6.07) is 10.6. The maximum Gasteiger partial charge on any atom is 0.416 e. The molecule has 23 heavy (non-hydrogen) atoms. The third kappa shape index (κ3) is 3.00. The van der Waals surface area contributed by atoms with Crippen LogP contribution in [-0.2, 0) is 17.4 Å². The first-order valence-corrected chi connectivity index (χ1v) is 7.80. The second-order valence-corrected chi connectivity index (χ2v) is 6.47. The third-order valence-electron chi connectivity index (χ3n) is 4.08. The first-order chi connectivity index (χ1) is 10.8. The fourth-order valence-electron chi connectivity index (χ4n) is 2.86. The highest BCUT2D eigenvalue weighted by Crippen LogP contribution is 2.40. The number of halogens is 4. The van der Waals surface area contributed by atoms with E-state index in [9.17, 15) is 18.0 Å². The van der Waals surface area contributed by atoms with Crippen molar-refractivity contribution in [3.05, 3.63) is 63.6 Å². The zero-order valence-corrected chi connectivity index (χ0v) is 13.8. The quantitative estimate of drug-likeness (QED) is 0.731. The fourth-order valence-corrected chi connectivity index (χ4v) is 3.24. The lowest BCUT2D eigenvalue weighted by Gasteiger charge is -2.12. The third-order valence-corrected chi connectivity index (χ3v) is 4.57. The minimum absolute atomic E-state index is 0.0435. The Labute approximate surface area is 140 Å². The van der Waals surface area contributed by atoms with Gasteiger partial charge in [0.15, 0.2) is 0 Å². The Morgan fingerprint density at radius 3 is 2.39 bits per heavy atom. The number of fused-ring (bicyclic) bond motifs is 1. The Kier molecular flexibility index (Phi) is 3.96. The van der Waals surface area contributed by atoms with E-state index >= 15 is 0 Å². The molecule has 0 radical (unpaired) electrons. The van der Waals surface area contributed by atoms with E-state index in [1.165, 1.54) is 12.1 Å². The van der Waals surface area contributed by atoms with Crippen molar-refractivity contribution in [1.82, 2.24) is 0 Å². The van der Waals surface area contributed by atoms with Gasteiger partial charge in [0.25, 0.3) is 0 Å². The van der Waals surface area contributed by atoms with Crippen LogP contribution in [0.15, 0.2) is 46.9 Å². The lowest BCUT2D eigenvalue weighted by Crippen LogP contribution is -2.24. The number of hydrogen-bond acceptors (Lipinski definition) is 1. The summed E-state index contributed by atoms with van der Waals surface area (Å²) in [6.07, 6.45) is -3.97. The lowest BCUT2D eigenvalue weighted by atomic mass is 9.93. The number of benzene rings is 2. The van der Waals surface area contributed by atoms with Crippen molar-refractivity contribution in [3.63, 3.8) is 0 Å². The van der Waals surface area contributed by atoms with Crippen molar-refractivity contribution in [1.29, 1.82) is 0 Å². The average Bonchev–Trinajstić information content (AvgIpc) is 2.72. The number of carbonyl (C=O) groups excluding carboxylic acids is 1. The van der Waals surface area contributed by atoms with Crippen molar-refractivity contribution < 1.29 is 18.0 Å². The van der Waals surface area contributed by atoms with Crippen LogP contribution in [0.2, 0.25) is 0 Å². The van der Waals surface area contributed by atoms with Crippen LogP contribution in [0.3, 0.4) is 0 Å². The Hall–Kier alpha value is -1.82. The van der Waals surface area contributed by atoms with Crippen LogP contribution in [0.1, 0.15) is 22.6 Å². The zero-order valence-electron chi connectivity index (χ0n) is 12.2. The summed E-state index contributed by atoms with van der Waals surface area (Å²) in [5.74, 6) is -0.415. The molecule has 1 heterocycles. The minimum atomic E-state index is -4.35. The molecular formula is C17H13BrF3NO. The minimum Gasteiger partial charge on any atom is -0.315 e. The van der Waals surface area contributed by atoms with Crippen LogP contribution < -0.4 is 4.90 Å². The summed E-state index contributed by atoms with van der Waals surface area (Å²) in [6.45, 7) is 0. The number of amides is 1. The molecule has 0 spiro atoms. The average molecular weight is 384 g/mol. The van der Waals surface area contributed by atoms with Crippen molar-refractivity contribution >= 4 is 27.5 Å². The molecule has 0 N–H and O–H groups in total. The molecule has 0 unspecified atom stereocenters. The molecule has 0 fully saturated rings. The first kappa shape index (κ1) is 16.1. The molecule has 1 aliphatic rings. The van der Waals surface area contributed by atoms with E-state index in [4.69, 9.17) is 0 Å². The smallest absolute Gasteiger partial charge is 0.315 e. The van der Waals surface area contributed by atoms with E-state index in [1.807, 2.05) is 18.2 Å². The number of carbonyl (C=O) groups is 1. The normalized spacial score (nSPS) is 17.5. The second kappa shape index (κ2) is 5.67. The van der Waals surface area contributed by atoms with Gasteiger partial charge in [0.1, 0.15) is 0 Å². The molecule has 0 saturated carbocycles. The molecule has 2 nitrogen and oxygen atoms in total. The number of likely N-dealkylation sites (N-methyl/N-ethyl adjacent to an activating group) is 1. The number of anilines is 1. The van der Waals surface area contributed by atoms with Gasteiger partial charge in [-0.25, -0.2) is 0 Å². The van der Waals surface area contributed by atoms with Crippen LogP contribution in [-0.4, -0.2) is 13.0 Å². The van der Waals surface area contributed by atoms with Gasteiger partial charge < -0.3 is 4.90 Å². The van der Waals surface area contributed by atoms with Crippen molar-refractivity contribution in [2.75, 3.05) is 11.9 Å². The van der Waals surface area contributed by atoms with Gasteiger partial charge >= 0.3 is 6.18 Å². The summed E-state index contributed by atoms with van der Waals surface area (Å²) in [7, 11) is 1.71. The van der Waals surface area contributed by atoms with Gasteiger partial charge in [0.2, 0.25) is 5.91 Å². The van der Waals surface area contributed by atoms with Crippen molar-refractivity contribution in [3.8, 4) is 0 Å². The van der Waals surface area contributed by atoms with Gasteiger partial charge in [-0.1, -0.05) is 28.1 Å². The SMILES string of the molecule is CN1C(=O)[C@H](Cc2ccc(C(F)(F)F)cc2)c2cc(Br)ccc21. The molecule has 120 valence electrons. The number of alkyl halides is 3. The molecule has 6 heteroatoms. The summed E-state index contributed by atoms with van der Waals surface area (Å²) in [5.41, 5.74) is 1.76. The fraction of sp³-hybridized carbons (Fsp3) is 0.235. The molecule has 2 aromatic carbocycles. The van der Waals surface area contributed by atoms with E-state index in [1.54, 1.807) is 11.9 Å². The largest absolute Gasteiger partial charge is 0.416 e. The highest BCUT2D eigenvalue weighted by Gasteiger charge is 2.35. The summed E-state index contributed by atoms with van der Waals surface area (Å²) < 4.78 is 38.7. The number of rotatable bonds is 2. The molecule has 0 aromatic heterocycles. The molecule has 0 saturated heterocycles. The Morgan fingerprint density at radius 2 is 1.78 bits per heavy atom. The van der Waals surface area contributed by atoms with Gasteiger partial charge in [-0.05, 0) is 47.9 Å². The Balaban J connectivity index is 1.89. The van der Waals surface area contributed by atoms with Gasteiger partial charge in [0.05, 0.1) is 11.5 Å². The summed E-state index contributed by atoms with van der Waals surface area (Å²) in [5, 5.41) is 0. The zero-order chi connectivity index (χ0) is 16.8. The van der Waals surface area contributed by atoms with E-state index in [-0.39, 0.29) is 11.8 Å². The molecule has 0 aliphatic carbocycles. The van der Waals surface area contributed by atoms with Crippen molar-refractivity contribution in [2.24, 2.45) is 0 Å². The van der Waals surface area contributed by atoms with Gasteiger partial charge in [-0.15, -0.1) is 0 Å². The molecular weight excluding hydrogens is 371 g/mol. The molecule has 1 aliphatic heterocycles. The van der Waals surface area contributed by atoms with Crippen LogP contribution in [0, 0.1) is 0 Å². The monoisotopic (exact) mass is 383 g/mol. The molecule has 2 aromatic rings. The van der Waals surface area contributed by atoms with Gasteiger partial charge in [-0.2, -0.15) is 13.2 Å². The number of nitrogens with zero attached hydrogens (tertiary/aromatic N) is 1. The van der Waals surface area contributed by atoms with Crippen LogP contribution in [0.25, 0.3) is 0 Å². The van der Waals surface area contributed by atoms with Gasteiger partial charge in [0, 0.05) is 17.2 Å². The predicted molar refractivity (Wildman–Crippen MR) is 85.4 cm³/mol. The van der Waals surface area contributed by atoms with Gasteiger partial charge in [-0.3, -0.25) is 4.79 Å². The van der Waals surface area contributed by atoms with Crippen LogP contribution in [0.5, 0.6) is 0 Å². The van der Waals surface area contributed by atoms with E-state index in [0.717, 1.165) is 27.9 Å². The summed E-state index contributed by atoms with van der Waals surface area (Å²) in [4.78, 5) is 14.0. The highest BCUT2D eigenvalue weighted by atomic mass is 79.9. The first-order valence-electron chi connectivity index (χ1n) is 7.00. The maximum atomic E-state index is 12.6. The number of hydrogen-bond donors (Lipinski definition) is 0. The Bertz CT molecular complexity index is 755. The van der Waals surface area contributed by atoms with Crippen LogP contribution in [0.4, 0.5) is 18.9 Å². The predicted octanol–water partition coefficient (Wildman–Crippen LogP) is 4.77. The lowest BCUT2D eigenvalue weighted by molar-refractivity contribution is -0.137. The summed E-state index contributed by atoms with van der Waals surface area (Å²) >= 11 is 3.39. The highest BCUT2D eigenvalue weighted by molar-refractivity contribution is 9.10. The van der Waals surface area contributed by atoms with E-state index in [2.05, 4.69) is 15.9 Å². The molecule has 1 amide bonds. The van der Waals surface area contributed by atoms with E-state index < -0.39 is 11.7 Å². The Morgan fingerprint density at radius 1 is 1.13 bits per heavy atom. The maximum absolute atomic E-state index is 12.6. The van der Waals surface area contributed by atoms with E-state index in [0.29, 0.717) is 12.0 Å².